The van der Waals surface area contributed by atoms with Gasteiger partial charge in [0.1, 0.15) is 5.76 Å². The highest BCUT2D eigenvalue weighted by Gasteiger charge is 2.27. The van der Waals surface area contributed by atoms with Crippen LogP contribution in [-0.2, 0) is 11.3 Å². The van der Waals surface area contributed by atoms with Gasteiger partial charge in [0.25, 0.3) is 0 Å². The molecule has 0 radical (unpaired) electrons. The Kier molecular flexibility index (Phi) is 5.27. The first-order chi connectivity index (χ1) is 9.95. The summed E-state index contributed by atoms with van der Waals surface area (Å²) in [5.74, 6) is -0.300. The zero-order valence-corrected chi connectivity index (χ0v) is 13.4. The molecule has 0 saturated heterocycles. The Hall–Kier alpha value is -1.50. The number of carboxylic acid groups (broad SMARTS) is 1. The first kappa shape index (κ1) is 15.9. The molecule has 0 aliphatic heterocycles. The molecular formula is C14H19BrN2O4. The number of carbonyl (C=O) groups is 2. The summed E-state index contributed by atoms with van der Waals surface area (Å²) in [7, 11) is 1.70. The zero-order valence-electron chi connectivity index (χ0n) is 11.8. The van der Waals surface area contributed by atoms with E-state index < -0.39 is 5.97 Å². The van der Waals surface area contributed by atoms with E-state index in [9.17, 15) is 9.59 Å². The molecule has 0 spiro atoms. The van der Waals surface area contributed by atoms with Gasteiger partial charge >= 0.3 is 12.0 Å². The first-order valence-corrected chi connectivity index (χ1v) is 7.73. The summed E-state index contributed by atoms with van der Waals surface area (Å²) in [6.07, 6.45) is 2.66. The summed E-state index contributed by atoms with van der Waals surface area (Å²) >= 11 is 3.22. The van der Waals surface area contributed by atoms with E-state index in [1.54, 1.807) is 18.0 Å². The molecule has 6 nitrogen and oxygen atoms in total. The van der Waals surface area contributed by atoms with Crippen molar-refractivity contribution in [1.82, 2.24) is 10.2 Å². The van der Waals surface area contributed by atoms with Crippen molar-refractivity contribution in [3.8, 4) is 0 Å². The van der Waals surface area contributed by atoms with Gasteiger partial charge in [-0.1, -0.05) is 0 Å². The fourth-order valence-corrected chi connectivity index (χ4v) is 2.85. The second-order valence-corrected chi connectivity index (χ2v) is 6.18. The van der Waals surface area contributed by atoms with Crippen LogP contribution in [0, 0.1) is 5.92 Å². The average Bonchev–Trinajstić information content (AvgIpc) is 2.84. The van der Waals surface area contributed by atoms with Gasteiger partial charge in [-0.3, -0.25) is 4.79 Å². The predicted molar refractivity (Wildman–Crippen MR) is 79.8 cm³/mol. The highest BCUT2D eigenvalue weighted by atomic mass is 79.9. The molecule has 2 rings (SSSR count). The van der Waals surface area contributed by atoms with Gasteiger partial charge in [0.05, 0.1) is 12.5 Å². The van der Waals surface area contributed by atoms with Gasteiger partial charge in [0.2, 0.25) is 0 Å². The number of nitrogens with zero attached hydrogens (tertiary/aromatic N) is 1. The van der Waals surface area contributed by atoms with Crippen molar-refractivity contribution in [3.63, 3.8) is 0 Å². The summed E-state index contributed by atoms with van der Waals surface area (Å²) < 4.78 is 6.00. The van der Waals surface area contributed by atoms with Gasteiger partial charge in [-0.2, -0.15) is 0 Å². The third kappa shape index (κ3) is 4.49. The topological polar surface area (TPSA) is 82.8 Å². The molecule has 1 heterocycles. The summed E-state index contributed by atoms with van der Waals surface area (Å²) in [6.45, 7) is 0.391. The molecule has 2 amide bonds. The van der Waals surface area contributed by atoms with E-state index in [4.69, 9.17) is 9.52 Å². The number of hydrogen-bond acceptors (Lipinski definition) is 3. The van der Waals surface area contributed by atoms with Gasteiger partial charge in [0, 0.05) is 13.1 Å². The van der Waals surface area contributed by atoms with Crippen molar-refractivity contribution in [2.24, 2.45) is 5.92 Å². The Labute approximate surface area is 131 Å². The van der Waals surface area contributed by atoms with Crippen LogP contribution in [0.3, 0.4) is 0 Å². The van der Waals surface area contributed by atoms with Crippen LogP contribution in [0.25, 0.3) is 0 Å². The predicted octanol–water partition coefficient (Wildman–Crippen LogP) is 2.83. The minimum absolute atomic E-state index is 0.0545. The maximum Gasteiger partial charge on any atom is 0.317 e. The van der Waals surface area contributed by atoms with Gasteiger partial charge in [-0.05, 0) is 53.7 Å². The normalized spacial score (nSPS) is 21.8. The first-order valence-electron chi connectivity index (χ1n) is 6.94. The van der Waals surface area contributed by atoms with Gasteiger partial charge < -0.3 is 19.7 Å². The van der Waals surface area contributed by atoms with Crippen molar-refractivity contribution in [3.05, 3.63) is 22.6 Å². The number of rotatable bonds is 4. The molecule has 1 aliphatic rings. The molecule has 0 aromatic carbocycles. The molecule has 21 heavy (non-hydrogen) atoms. The van der Waals surface area contributed by atoms with Crippen LogP contribution in [0.5, 0.6) is 0 Å². The minimum atomic E-state index is -0.736. The van der Waals surface area contributed by atoms with E-state index in [0.29, 0.717) is 42.7 Å². The number of carboxylic acids is 1. The summed E-state index contributed by atoms with van der Waals surface area (Å²) in [6, 6.07) is 3.49. The fraction of sp³-hybridized carbons (Fsp3) is 0.571. The van der Waals surface area contributed by atoms with E-state index in [-0.39, 0.29) is 18.0 Å². The van der Waals surface area contributed by atoms with Gasteiger partial charge in [0.15, 0.2) is 4.67 Å². The van der Waals surface area contributed by atoms with Crippen molar-refractivity contribution in [1.29, 1.82) is 0 Å². The largest absolute Gasteiger partial charge is 0.481 e. The van der Waals surface area contributed by atoms with E-state index in [0.717, 1.165) is 0 Å². The maximum atomic E-state index is 12.1. The van der Waals surface area contributed by atoms with Crippen LogP contribution in [0.1, 0.15) is 31.4 Å². The molecular weight excluding hydrogens is 340 g/mol. The van der Waals surface area contributed by atoms with Crippen molar-refractivity contribution in [2.45, 2.75) is 38.3 Å². The summed E-state index contributed by atoms with van der Waals surface area (Å²) in [5.41, 5.74) is 0. The Balaban J connectivity index is 1.77. The van der Waals surface area contributed by atoms with Crippen LogP contribution in [0.15, 0.2) is 21.2 Å². The number of nitrogens with one attached hydrogen (secondary N) is 1. The van der Waals surface area contributed by atoms with Crippen LogP contribution in [-0.4, -0.2) is 35.1 Å². The molecule has 0 unspecified atom stereocenters. The van der Waals surface area contributed by atoms with Gasteiger partial charge in [-0.25, -0.2) is 4.79 Å². The molecule has 2 N–H and O–H groups in total. The molecule has 1 aliphatic carbocycles. The minimum Gasteiger partial charge on any atom is -0.481 e. The number of halogens is 1. The summed E-state index contributed by atoms with van der Waals surface area (Å²) in [5, 5.41) is 11.9. The maximum absolute atomic E-state index is 12.1. The smallest absolute Gasteiger partial charge is 0.317 e. The van der Waals surface area contributed by atoms with Crippen molar-refractivity contribution >= 4 is 27.9 Å². The average molecular weight is 359 g/mol. The lowest BCUT2D eigenvalue weighted by Crippen LogP contribution is -2.44. The fourth-order valence-electron chi connectivity index (χ4n) is 2.51. The lowest BCUT2D eigenvalue weighted by molar-refractivity contribution is -0.142. The molecule has 1 fully saturated rings. The molecule has 1 aromatic rings. The van der Waals surface area contributed by atoms with Crippen LogP contribution in [0.2, 0.25) is 0 Å². The number of carbonyl (C=O) groups excluding carboxylic acids is 1. The second kappa shape index (κ2) is 6.98. The Morgan fingerprint density at radius 2 is 2.05 bits per heavy atom. The lowest BCUT2D eigenvalue weighted by Gasteiger charge is -2.28. The number of amides is 2. The highest BCUT2D eigenvalue weighted by molar-refractivity contribution is 9.10. The van der Waals surface area contributed by atoms with Crippen LogP contribution < -0.4 is 5.32 Å². The molecule has 116 valence electrons. The second-order valence-electron chi connectivity index (χ2n) is 5.40. The third-order valence-electron chi connectivity index (χ3n) is 3.77. The Morgan fingerprint density at radius 3 is 2.57 bits per heavy atom. The van der Waals surface area contributed by atoms with Crippen molar-refractivity contribution in [2.75, 3.05) is 7.05 Å². The molecule has 0 atom stereocenters. The molecule has 1 aromatic heterocycles. The Morgan fingerprint density at radius 1 is 1.38 bits per heavy atom. The zero-order chi connectivity index (χ0) is 15.4. The molecule has 1 saturated carbocycles. The third-order valence-corrected chi connectivity index (χ3v) is 4.20. The van der Waals surface area contributed by atoms with E-state index >= 15 is 0 Å². The Bertz CT molecular complexity index is 509. The van der Waals surface area contributed by atoms with Gasteiger partial charge in [-0.15, -0.1) is 0 Å². The molecule has 0 bridgehead atoms. The van der Waals surface area contributed by atoms with E-state index in [2.05, 4.69) is 21.2 Å². The number of furan rings is 1. The number of urea groups is 1. The van der Waals surface area contributed by atoms with Crippen molar-refractivity contribution < 1.29 is 19.1 Å². The lowest BCUT2D eigenvalue weighted by atomic mass is 9.86. The summed E-state index contributed by atoms with van der Waals surface area (Å²) in [4.78, 5) is 24.5. The SMILES string of the molecule is CN(Cc1ccc(Br)o1)C(=O)NC1CCC(C(=O)O)CC1. The van der Waals surface area contributed by atoms with Crippen LogP contribution in [0.4, 0.5) is 4.79 Å². The quantitative estimate of drug-likeness (QED) is 0.866. The highest BCUT2D eigenvalue weighted by Crippen LogP contribution is 2.24. The molecule has 7 heteroatoms. The van der Waals surface area contributed by atoms with E-state index in [1.165, 1.54) is 0 Å². The van der Waals surface area contributed by atoms with E-state index in [1.807, 2.05) is 6.07 Å². The van der Waals surface area contributed by atoms with Crippen LogP contribution >= 0.6 is 15.9 Å². The standard InChI is InChI=1S/C14H19BrN2O4/c1-17(8-11-6-7-12(15)21-11)14(20)16-10-4-2-9(3-5-10)13(18)19/h6-7,9-10H,2-5,8H2,1H3,(H,16,20)(H,18,19). The number of hydrogen-bond donors (Lipinski definition) is 2. The monoisotopic (exact) mass is 358 g/mol. The number of aliphatic carboxylic acids is 1.